The van der Waals surface area contributed by atoms with E-state index >= 15 is 0 Å². The monoisotopic (exact) mass is 340 g/mol. The van der Waals surface area contributed by atoms with Crippen LogP contribution >= 0.6 is 0 Å². The van der Waals surface area contributed by atoms with E-state index in [9.17, 15) is 13.2 Å². The predicted molar refractivity (Wildman–Crippen MR) is 87.9 cm³/mol. The molecule has 23 heavy (non-hydrogen) atoms. The van der Waals surface area contributed by atoms with Crippen LogP contribution in [0.1, 0.15) is 44.6 Å². The molecule has 1 aromatic heterocycles. The number of nitrogens with zero attached hydrogens (tertiary/aromatic N) is 1. The molecule has 0 saturated carbocycles. The fourth-order valence-corrected chi connectivity index (χ4v) is 4.40. The number of sulfone groups is 1. The molecule has 0 spiro atoms. The van der Waals surface area contributed by atoms with Crippen molar-refractivity contribution < 1.29 is 17.9 Å². The molecule has 1 aliphatic rings. The SMILES string of the molecule is CCCCOc1ncccc1CNC(=O)CC1CCCS1(=O)=O. The number of rotatable bonds is 8. The van der Waals surface area contributed by atoms with E-state index in [1.807, 2.05) is 6.07 Å². The van der Waals surface area contributed by atoms with Gasteiger partial charge in [0.2, 0.25) is 11.8 Å². The van der Waals surface area contributed by atoms with Gasteiger partial charge in [-0.25, -0.2) is 13.4 Å². The Bertz CT molecular complexity index is 631. The van der Waals surface area contributed by atoms with Crippen molar-refractivity contribution in [2.45, 2.75) is 50.8 Å². The second-order valence-electron chi connectivity index (χ2n) is 5.78. The molecule has 1 saturated heterocycles. The predicted octanol–water partition coefficient (Wildman–Crippen LogP) is 1.84. The number of carbonyl (C=O) groups excluding carboxylic acids is 1. The van der Waals surface area contributed by atoms with E-state index in [1.165, 1.54) is 0 Å². The summed E-state index contributed by atoms with van der Waals surface area (Å²) in [5.41, 5.74) is 0.797. The number of aromatic nitrogens is 1. The molecule has 1 N–H and O–H groups in total. The molecular formula is C16H24N2O4S. The molecule has 0 aromatic carbocycles. The highest BCUT2D eigenvalue weighted by atomic mass is 32.2. The number of hydrogen-bond acceptors (Lipinski definition) is 5. The third-order valence-corrected chi connectivity index (χ3v) is 6.21. The van der Waals surface area contributed by atoms with Crippen molar-refractivity contribution in [1.82, 2.24) is 10.3 Å². The van der Waals surface area contributed by atoms with Gasteiger partial charge in [0, 0.05) is 24.7 Å². The zero-order valence-electron chi connectivity index (χ0n) is 13.5. The first-order valence-electron chi connectivity index (χ1n) is 8.08. The minimum absolute atomic E-state index is 0.0363. The standard InChI is InChI=1S/C16H24N2O4S/c1-2-3-9-22-16-13(6-4-8-17-16)12-18-15(19)11-14-7-5-10-23(14,20)21/h4,6,8,14H,2-3,5,7,9-12H2,1H3,(H,18,19). The van der Waals surface area contributed by atoms with Crippen molar-refractivity contribution in [3.63, 3.8) is 0 Å². The smallest absolute Gasteiger partial charge is 0.221 e. The van der Waals surface area contributed by atoms with E-state index in [1.54, 1.807) is 12.3 Å². The van der Waals surface area contributed by atoms with Crippen LogP contribution in [0.3, 0.4) is 0 Å². The van der Waals surface area contributed by atoms with Crippen LogP contribution in [0.4, 0.5) is 0 Å². The number of ether oxygens (including phenoxy) is 1. The third-order valence-electron chi connectivity index (χ3n) is 3.94. The zero-order chi connectivity index (χ0) is 16.7. The van der Waals surface area contributed by atoms with Gasteiger partial charge in [-0.3, -0.25) is 4.79 Å². The lowest BCUT2D eigenvalue weighted by Crippen LogP contribution is -2.29. The first-order valence-corrected chi connectivity index (χ1v) is 9.79. The lowest BCUT2D eigenvalue weighted by atomic mass is 10.2. The second-order valence-corrected chi connectivity index (χ2v) is 8.18. The third kappa shape index (κ3) is 5.20. The highest BCUT2D eigenvalue weighted by Crippen LogP contribution is 2.22. The highest BCUT2D eigenvalue weighted by molar-refractivity contribution is 7.92. The minimum atomic E-state index is -3.09. The molecule has 1 amide bonds. The van der Waals surface area contributed by atoms with Crippen molar-refractivity contribution in [2.24, 2.45) is 0 Å². The van der Waals surface area contributed by atoms with Gasteiger partial charge in [0.25, 0.3) is 0 Å². The van der Waals surface area contributed by atoms with Gasteiger partial charge in [0.15, 0.2) is 9.84 Å². The first kappa shape index (κ1) is 17.7. The van der Waals surface area contributed by atoms with Crippen molar-refractivity contribution in [2.75, 3.05) is 12.4 Å². The number of hydrogen-bond donors (Lipinski definition) is 1. The maximum Gasteiger partial charge on any atom is 0.221 e. The van der Waals surface area contributed by atoms with Crippen LogP contribution < -0.4 is 10.1 Å². The molecule has 0 aliphatic carbocycles. The van der Waals surface area contributed by atoms with Gasteiger partial charge in [-0.2, -0.15) is 0 Å². The average Bonchev–Trinajstić information content (AvgIpc) is 2.85. The van der Waals surface area contributed by atoms with E-state index in [2.05, 4.69) is 17.2 Å². The summed E-state index contributed by atoms with van der Waals surface area (Å²) in [7, 11) is -3.09. The maximum atomic E-state index is 12.0. The Hall–Kier alpha value is -1.63. The molecule has 1 aromatic rings. The molecule has 1 atom stereocenters. The summed E-state index contributed by atoms with van der Waals surface area (Å²) in [6.45, 7) is 2.97. The summed E-state index contributed by atoms with van der Waals surface area (Å²) < 4.78 is 29.1. The molecule has 0 radical (unpaired) electrons. The molecule has 1 unspecified atom stereocenters. The van der Waals surface area contributed by atoms with Gasteiger partial charge in [-0.05, 0) is 25.3 Å². The molecule has 2 heterocycles. The zero-order valence-corrected chi connectivity index (χ0v) is 14.3. The molecule has 0 bridgehead atoms. The Morgan fingerprint density at radius 3 is 3.00 bits per heavy atom. The van der Waals surface area contributed by atoms with Crippen LogP contribution in [0.15, 0.2) is 18.3 Å². The van der Waals surface area contributed by atoms with Gasteiger partial charge in [0.05, 0.1) is 17.6 Å². The van der Waals surface area contributed by atoms with Crippen LogP contribution in [0, 0.1) is 0 Å². The summed E-state index contributed by atoms with van der Waals surface area (Å²) in [6.07, 6.45) is 4.90. The Balaban J connectivity index is 1.86. The Labute approximate surface area is 137 Å². The number of amides is 1. The van der Waals surface area contributed by atoms with Crippen molar-refractivity contribution in [1.29, 1.82) is 0 Å². The van der Waals surface area contributed by atoms with Crippen molar-refractivity contribution in [3.8, 4) is 5.88 Å². The molecule has 128 valence electrons. The van der Waals surface area contributed by atoms with E-state index in [-0.39, 0.29) is 18.1 Å². The largest absolute Gasteiger partial charge is 0.477 e. The van der Waals surface area contributed by atoms with E-state index < -0.39 is 15.1 Å². The average molecular weight is 340 g/mol. The van der Waals surface area contributed by atoms with Crippen LogP contribution in [-0.2, 0) is 21.2 Å². The fourth-order valence-electron chi connectivity index (χ4n) is 2.56. The van der Waals surface area contributed by atoms with Gasteiger partial charge in [-0.1, -0.05) is 19.4 Å². The van der Waals surface area contributed by atoms with Gasteiger partial charge in [-0.15, -0.1) is 0 Å². The summed E-state index contributed by atoms with van der Waals surface area (Å²) in [4.78, 5) is 16.2. The van der Waals surface area contributed by atoms with E-state index in [0.29, 0.717) is 31.9 Å². The minimum Gasteiger partial charge on any atom is -0.477 e. The van der Waals surface area contributed by atoms with Crippen LogP contribution in [0.5, 0.6) is 5.88 Å². The Kier molecular flexibility index (Phi) is 6.38. The lowest BCUT2D eigenvalue weighted by Gasteiger charge is -2.12. The molecule has 7 heteroatoms. The molecule has 1 aliphatic heterocycles. The Morgan fingerprint density at radius 1 is 1.48 bits per heavy atom. The quantitative estimate of drug-likeness (QED) is 0.730. The molecule has 1 fully saturated rings. The van der Waals surface area contributed by atoms with Crippen molar-refractivity contribution >= 4 is 15.7 Å². The molecular weight excluding hydrogens is 316 g/mol. The van der Waals surface area contributed by atoms with E-state index in [0.717, 1.165) is 18.4 Å². The number of unbranched alkanes of at least 4 members (excludes halogenated alkanes) is 1. The number of nitrogens with one attached hydrogen (secondary N) is 1. The molecule has 6 nitrogen and oxygen atoms in total. The topological polar surface area (TPSA) is 85.4 Å². The van der Waals surface area contributed by atoms with Crippen LogP contribution in [-0.4, -0.2) is 36.9 Å². The normalized spacial score (nSPS) is 19.4. The lowest BCUT2D eigenvalue weighted by molar-refractivity contribution is -0.121. The Morgan fingerprint density at radius 2 is 2.30 bits per heavy atom. The number of pyridine rings is 1. The number of carbonyl (C=O) groups is 1. The summed E-state index contributed by atoms with van der Waals surface area (Å²) in [6, 6.07) is 3.64. The summed E-state index contributed by atoms with van der Waals surface area (Å²) in [5, 5.41) is 2.24. The van der Waals surface area contributed by atoms with Gasteiger partial charge < -0.3 is 10.1 Å². The second kappa shape index (κ2) is 8.29. The van der Waals surface area contributed by atoms with Gasteiger partial charge >= 0.3 is 0 Å². The fraction of sp³-hybridized carbons (Fsp3) is 0.625. The van der Waals surface area contributed by atoms with Crippen LogP contribution in [0.25, 0.3) is 0 Å². The summed E-state index contributed by atoms with van der Waals surface area (Å²) in [5.74, 6) is 0.474. The van der Waals surface area contributed by atoms with Crippen molar-refractivity contribution in [3.05, 3.63) is 23.9 Å². The van der Waals surface area contributed by atoms with Crippen LogP contribution in [0.2, 0.25) is 0 Å². The molecule has 2 rings (SSSR count). The van der Waals surface area contributed by atoms with E-state index in [4.69, 9.17) is 4.74 Å². The highest BCUT2D eigenvalue weighted by Gasteiger charge is 2.32. The first-order chi connectivity index (χ1) is 11.0. The van der Waals surface area contributed by atoms with Gasteiger partial charge in [0.1, 0.15) is 0 Å². The summed E-state index contributed by atoms with van der Waals surface area (Å²) >= 11 is 0. The maximum absolute atomic E-state index is 12.0.